The number of aromatic nitrogens is 1. The quantitative estimate of drug-likeness (QED) is 0.827. The van der Waals surface area contributed by atoms with Gasteiger partial charge in [-0.3, -0.25) is 14.6 Å². The third-order valence-electron chi connectivity index (χ3n) is 6.58. The summed E-state index contributed by atoms with van der Waals surface area (Å²) in [6.07, 6.45) is 7.93. The van der Waals surface area contributed by atoms with Crippen LogP contribution in [0.1, 0.15) is 43.2 Å². The van der Waals surface area contributed by atoms with E-state index < -0.39 is 0 Å². The van der Waals surface area contributed by atoms with Crippen LogP contribution in [0.5, 0.6) is 0 Å². The van der Waals surface area contributed by atoms with Gasteiger partial charge in [0.15, 0.2) is 0 Å². The molecule has 3 heterocycles. The highest BCUT2D eigenvalue weighted by atomic mass is 16.2. The fourth-order valence-electron chi connectivity index (χ4n) is 4.81. The van der Waals surface area contributed by atoms with Crippen molar-refractivity contribution in [1.82, 2.24) is 9.88 Å². The Kier molecular flexibility index (Phi) is 4.18. The summed E-state index contributed by atoms with van der Waals surface area (Å²) < 4.78 is 0. The Morgan fingerprint density at radius 1 is 1.11 bits per heavy atom. The highest BCUT2D eigenvalue weighted by molar-refractivity contribution is 5.98. The predicted octanol–water partition coefficient (Wildman–Crippen LogP) is 3.29. The molecule has 28 heavy (non-hydrogen) atoms. The molecule has 0 atom stereocenters. The van der Waals surface area contributed by atoms with Crippen molar-refractivity contribution < 1.29 is 9.59 Å². The van der Waals surface area contributed by atoms with Crippen LogP contribution in [-0.2, 0) is 21.5 Å². The molecule has 1 aliphatic carbocycles. The lowest BCUT2D eigenvalue weighted by Gasteiger charge is -2.47. The van der Waals surface area contributed by atoms with Crippen LogP contribution in [0.2, 0.25) is 0 Å². The molecule has 1 saturated carbocycles. The molecule has 1 spiro atoms. The summed E-state index contributed by atoms with van der Waals surface area (Å²) in [6.45, 7) is 2.07. The maximum absolute atomic E-state index is 13.2. The minimum Gasteiger partial charge on any atom is -0.342 e. The van der Waals surface area contributed by atoms with Gasteiger partial charge in [0.1, 0.15) is 0 Å². The number of carbonyl (C=O) groups is 2. The third kappa shape index (κ3) is 2.99. The number of anilines is 1. The van der Waals surface area contributed by atoms with Gasteiger partial charge in [0.05, 0.1) is 6.54 Å². The summed E-state index contributed by atoms with van der Waals surface area (Å²) in [6, 6.07) is 12.2. The van der Waals surface area contributed by atoms with E-state index in [1.165, 1.54) is 5.56 Å². The Labute approximate surface area is 165 Å². The van der Waals surface area contributed by atoms with E-state index in [0.29, 0.717) is 18.9 Å². The maximum Gasteiger partial charge on any atom is 0.228 e. The molecule has 3 aliphatic rings. The van der Waals surface area contributed by atoms with Gasteiger partial charge in [-0.1, -0.05) is 24.3 Å². The molecule has 1 saturated heterocycles. The fourth-order valence-corrected chi connectivity index (χ4v) is 4.81. The Morgan fingerprint density at radius 3 is 2.61 bits per heavy atom. The lowest BCUT2D eigenvalue weighted by atomic mass is 9.67. The molecule has 0 bridgehead atoms. The topological polar surface area (TPSA) is 53.5 Å². The van der Waals surface area contributed by atoms with E-state index in [9.17, 15) is 9.59 Å². The summed E-state index contributed by atoms with van der Waals surface area (Å²) in [5, 5.41) is 0. The molecular weight excluding hydrogens is 350 g/mol. The zero-order valence-corrected chi connectivity index (χ0v) is 16.0. The first-order valence-electron chi connectivity index (χ1n) is 10.2. The molecule has 1 aromatic heterocycles. The molecule has 2 aliphatic heterocycles. The number of likely N-dealkylation sites (tertiary alicyclic amines) is 1. The van der Waals surface area contributed by atoms with E-state index in [4.69, 9.17) is 0 Å². The van der Waals surface area contributed by atoms with E-state index in [-0.39, 0.29) is 17.2 Å². The standard InChI is InChI=1S/C23H25N3O2/c27-21-14-23(9-12-25(13-10-23)22(28)18-7-8-18)19-5-1-2-6-20(19)26(21)16-17-4-3-11-24-15-17/h1-6,11,15,18H,7-10,12-14,16H2. The first-order chi connectivity index (χ1) is 13.7. The number of amides is 2. The molecule has 0 unspecified atom stereocenters. The van der Waals surface area contributed by atoms with Gasteiger partial charge in [-0.2, -0.15) is 0 Å². The highest BCUT2D eigenvalue weighted by Crippen LogP contribution is 2.47. The van der Waals surface area contributed by atoms with Crippen LogP contribution in [0.3, 0.4) is 0 Å². The van der Waals surface area contributed by atoms with Crippen molar-refractivity contribution >= 4 is 17.5 Å². The molecule has 1 aromatic carbocycles. The van der Waals surface area contributed by atoms with Crippen LogP contribution in [0, 0.1) is 5.92 Å². The largest absolute Gasteiger partial charge is 0.342 e. The van der Waals surface area contributed by atoms with Crippen molar-refractivity contribution in [1.29, 1.82) is 0 Å². The van der Waals surface area contributed by atoms with Crippen LogP contribution in [0.15, 0.2) is 48.8 Å². The van der Waals surface area contributed by atoms with Crippen LogP contribution in [0.4, 0.5) is 5.69 Å². The Hall–Kier alpha value is -2.69. The van der Waals surface area contributed by atoms with E-state index in [0.717, 1.165) is 50.0 Å². The summed E-state index contributed by atoms with van der Waals surface area (Å²) in [5.74, 6) is 0.761. The van der Waals surface area contributed by atoms with Crippen molar-refractivity contribution in [3.8, 4) is 0 Å². The third-order valence-corrected chi connectivity index (χ3v) is 6.58. The van der Waals surface area contributed by atoms with Crippen molar-refractivity contribution in [3.63, 3.8) is 0 Å². The van der Waals surface area contributed by atoms with Crippen LogP contribution in [-0.4, -0.2) is 34.8 Å². The van der Waals surface area contributed by atoms with Gasteiger partial charge in [-0.15, -0.1) is 0 Å². The minimum absolute atomic E-state index is 0.139. The number of benzene rings is 1. The summed E-state index contributed by atoms with van der Waals surface area (Å²) in [7, 11) is 0. The summed E-state index contributed by atoms with van der Waals surface area (Å²) in [4.78, 5) is 33.7. The lowest BCUT2D eigenvalue weighted by Crippen LogP contribution is -2.51. The average molecular weight is 375 g/mol. The number of para-hydroxylation sites is 1. The van der Waals surface area contributed by atoms with Gasteiger partial charge in [-0.25, -0.2) is 0 Å². The van der Waals surface area contributed by atoms with Crippen molar-refractivity contribution in [2.45, 2.75) is 44.1 Å². The molecular formula is C23H25N3O2. The number of rotatable bonds is 3. The van der Waals surface area contributed by atoms with Gasteiger partial charge >= 0.3 is 0 Å². The minimum atomic E-state index is -0.139. The average Bonchev–Trinajstić information content (AvgIpc) is 3.57. The Balaban J connectivity index is 1.42. The maximum atomic E-state index is 13.2. The number of fused-ring (bicyclic) bond motifs is 2. The zero-order valence-electron chi connectivity index (χ0n) is 16.0. The number of pyridine rings is 1. The fraction of sp³-hybridized carbons (Fsp3) is 0.435. The lowest BCUT2D eigenvalue weighted by molar-refractivity contribution is -0.134. The van der Waals surface area contributed by atoms with Crippen LogP contribution < -0.4 is 4.90 Å². The molecule has 0 radical (unpaired) electrons. The Bertz CT molecular complexity index is 899. The first-order valence-corrected chi connectivity index (χ1v) is 10.2. The number of hydrogen-bond donors (Lipinski definition) is 0. The van der Waals surface area contributed by atoms with Gasteiger partial charge in [0.25, 0.3) is 0 Å². The van der Waals surface area contributed by atoms with Gasteiger partial charge in [0.2, 0.25) is 11.8 Å². The second kappa shape index (κ2) is 6.73. The zero-order chi connectivity index (χ0) is 19.1. The smallest absolute Gasteiger partial charge is 0.228 e. The van der Waals surface area contributed by atoms with Crippen LogP contribution in [0.25, 0.3) is 0 Å². The van der Waals surface area contributed by atoms with Gasteiger partial charge < -0.3 is 9.80 Å². The highest BCUT2D eigenvalue weighted by Gasteiger charge is 2.46. The molecule has 2 amide bonds. The molecule has 5 heteroatoms. The van der Waals surface area contributed by atoms with E-state index in [1.54, 1.807) is 6.20 Å². The van der Waals surface area contributed by atoms with Crippen molar-refractivity contribution in [2.75, 3.05) is 18.0 Å². The SMILES string of the molecule is O=C(C1CC1)N1CCC2(CC1)CC(=O)N(Cc1cccnc1)c1ccccc12. The van der Waals surface area contributed by atoms with Crippen molar-refractivity contribution in [2.24, 2.45) is 5.92 Å². The second-order valence-corrected chi connectivity index (χ2v) is 8.41. The number of hydrogen-bond acceptors (Lipinski definition) is 3. The number of piperidine rings is 1. The summed E-state index contributed by atoms with van der Waals surface area (Å²) >= 11 is 0. The van der Waals surface area contributed by atoms with Crippen LogP contribution >= 0.6 is 0 Å². The number of nitrogens with zero attached hydrogens (tertiary/aromatic N) is 3. The van der Waals surface area contributed by atoms with Gasteiger partial charge in [0, 0.05) is 48.9 Å². The first kappa shape index (κ1) is 17.4. The normalized spacial score (nSPS) is 20.9. The van der Waals surface area contributed by atoms with Crippen molar-refractivity contribution in [3.05, 3.63) is 59.9 Å². The molecule has 0 N–H and O–H groups in total. The summed E-state index contributed by atoms with van der Waals surface area (Å²) in [5.41, 5.74) is 3.17. The van der Waals surface area contributed by atoms with E-state index in [2.05, 4.69) is 23.2 Å². The van der Waals surface area contributed by atoms with E-state index >= 15 is 0 Å². The Morgan fingerprint density at radius 2 is 1.89 bits per heavy atom. The molecule has 144 valence electrons. The second-order valence-electron chi connectivity index (χ2n) is 8.41. The predicted molar refractivity (Wildman–Crippen MR) is 107 cm³/mol. The number of carbonyl (C=O) groups excluding carboxylic acids is 2. The molecule has 2 fully saturated rings. The van der Waals surface area contributed by atoms with E-state index in [1.807, 2.05) is 34.2 Å². The monoisotopic (exact) mass is 375 g/mol. The molecule has 5 nitrogen and oxygen atoms in total. The molecule has 2 aromatic rings. The van der Waals surface area contributed by atoms with Gasteiger partial charge in [-0.05, 0) is 48.9 Å². The molecule has 5 rings (SSSR count).